The molecule has 1 aromatic rings. The lowest BCUT2D eigenvalue weighted by molar-refractivity contribution is 0.0753. The summed E-state index contributed by atoms with van der Waals surface area (Å²) in [5.74, 6) is -3.08. The third kappa shape index (κ3) is 3.41. The number of nitrogens with zero attached hydrogens (tertiary/aromatic N) is 2. The van der Waals surface area contributed by atoms with Crippen LogP contribution in [0, 0.1) is 28.9 Å². The second-order valence-corrected chi connectivity index (χ2v) is 4.23. The average molecular weight is 267 g/mol. The van der Waals surface area contributed by atoms with Gasteiger partial charge in [0.1, 0.15) is 0 Å². The molecule has 0 fully saturated rings. The van der Waals surface area contributed by atoms with Gasteiger partial charge in [-0.05, 0) is 19.9 Å². The minimum Gasteiger partial charge on any atom is -0.398 e. The fourth-order valence-electron chi connectivity index (χ4n) is 1.64. The number of benzene rings is 1. The zero-order valence-corrected chi connectivity index (χ0v) is 10.8. The highest BCUT2D eigenvalue weighted by Crippen LogP contribution is 2.19. The first-order chi connectivity index (χ1) is 8.90. The molecule has 0 aliphatic heterocycles. The predicted octanol–water partition coefficient (Wildman–Crippen LogP) is 2.17. The third-order valence-corrected chi connectivity index (χ3v) is 2.71. The van der Waals surface area contributed by atoms with Crippen LogP contribution in [0.2, 0.25) is 0 Å². The van der Waals surface area contributed by atoms with Crippen molar-refractivity contribution in [3.8, 4) is 6.07 Å². The van der Waals surface area contributed by atoms with E-state index in [2.05, 4.69) is 0 Å². The van der Waals surface area contributed by atoms with Crippen LogP contribution in [0.5, 0.6) is 0 Å². The number of nitrogen functional groups attached to an aromatic ring is 1. The van der Waals surface area contributed by atoms with Gasteiger partial charge in [0.25, 0.3) is 5.91 Å². The molecule has 0 aromatic heterocycles. The van der Waals surface area contributed by atoms with Gasteiger partial charge >= 0.3 is 0 Å². The highest BCUT2D eigenvalue weighted by molar-refractivity contribution is 5.99. The number of hydrogen-bond acceptors (Lipinski definition) is 3. The van der Waals surface area contributed by atoms with Crippen LogP contribution in [-0.2, 0) is 0 Å². The molecule has 1 aromatic carbocycles. The monoisotopic (exact) mass is 267 g/mol. The maximum Gasteiger partial charge on any atom is 0.256 e. The molecule has 4 nitrogen and oxygen atoms in total. The van der Waals surface area contributed by atoms with Gasteiger partial charge in [0.2, 0.25) is 0 Å². The van der Waals surface area contributed by atoms with E-state index in [4.69, 9.17) is 11.0 Å². The number of amides is 1. The molecule has 0 radical (unpaired) electrons. The number of carbonyl (C=O) groups excluding carboxylic acids is 1. The second-order valence-electron chi connectivity index (χ2n) is 4.23. The fourth-order valence-corrected chi connectivity index (χ4v) is 1.64. The highest BCUT2D eigenvalue weighted by atomic mass is 19.2. The van der Waals surface area contributed by atoms with Gasteiger partial charge in [0, 0.05) is 24.8 Å². The van der Waals surface area contributed by atoms with E-state index in [1.807, 2.05) is 6.07 Å². The summed E-state index contributed by atoms with van der Waals surface area (Å²) in [7, 11) is 0. The third-order valence-electron chi connectivity index (χ3n) is 2.71. The largest absolute Gasteiger partial charge is 0.398 e. The first kappa shape index (κ1) is 14.9. The van der Waals surface area contributed by atoms with Crippen molar-refractivity contribution in [3.05, 3.63) is 29.3 Å². The Morgan fingerprint density at radius 2 is 2.05 bits per heavy atom. The van der Waals surface area contributed by atoms with Crippen molar-refractivity contribution < 1.29 is 13.6 Å². The standard InChI is InChI=1S/C13H15F2N3O/c1-3-18(7-8(2)6-16)13(19)9-4-10(14)11(15)5-12(9)17/h4-5,8H,3,7,17H2,1-2H3. The Balaban J connectivity index is 3.05. The van der Waals surface area contributed by atoms with Gasteiger partial charge in [-0.25, -0.2) is 8.78 Å². The van der Waals surface area contributed by atoms with Gasteiger partial charge in [-0.2, -0.15) is 5.26 Å². The molecular formula is C13H15F2N3O. The molecule has 102 valence electrons. The topological polar surface area (TPSA) is 70.1 Å². The second kappa shape index (κ2) is 6.14. The van der Waals surface area contributed by atoms with Gasteiger partial charge in [-0.15, -0.1) is 0 Å². The van der Waals surface area contributed by atoms with Crippen LogP contribution < -0.4 is 5.73 Å². The minimum absolute atomic E-state index is 0.0918. The summed E-state index contributed by atoms with van der Waals surface area (Å²) in [5, 5.41) is 8.74. The Hall–Kier alpha value is -2.16. The van der Waals surface area contributed by atoms with Crippen molar-refractivity contribution in [1.82, 2.24) is 4.90 Å². The maximum absolute atomic E-state index is 13.2. The lowest BCUT2D eigenvalue weighted by Crippen LogP contribution is -2.34. The van der Waals surface area contributed by atoms with Crippen LogP contribution in [0.15, 0.2) is 12.1 Å². The van der Waals surface area contributed by atoms with Crippen molar-refractivity contribution >= 4 is 11.6 Å². The molecule has 0 aliphatic rings. The number of nitrogens with two attached hydrogens (primary N) is 1. The summed E-state index contributed by atoms with van der Waals surface area (Å²) in [5.41, 5.74) is 5.32. The summed E-state index contributed by atoms with van der Waals surface area (Å²) < 4.78 is 26.1. The molecule has 0 aliphatic carbocycles. The normalized spacial score (nSPS) is 11.7. The van der Waals surface area contributed by atoms with Crippen molar-refractivity contribution in [1.29, 1.82) is 5.26 Å². The SMILES string of the molecule is CCN(CC(C)C#N)C(=O)c1cc(F)c(F)cc1N. The molecule has 1 rings (SSSR count). The predicted molar refractivity (Wildman–Crippen MR) is 67.1 cm³/mol. The molecule has 0 saturated carbocycles. The minimum atomic E-state index is -1.12. The quantitative estimate of drug-likeness (QED) is 0.850. The van der Waals surface area contributed by atoms with Crippen molar-refractivity contribution in [3.63, 3.8) is 0 Å². The van der Waals surface area contributed by atoms with Gasteiger partial charge in [-0.3, -0.25) is 4.79 Å². The lowest BCUT2D eigenvalue weighted by Gasteiger charge is -2.22. The molecule has 1 amide bonds. The number of nitriles is 1. The van der Waals surface area contributed by atoms with E-state index in [-0.39, 0.29) is 23.7 Å². The van der Waals surface area contributed by atoms with Gasteiger partial charge in [0.05, 0.1) is 17.6 Å². The molecule has 1 atom stereocenters. The molecule has 0 spiro atoms. The van der Waals surface area contributed by atoms with E-state index >= 15 is 0 Å². The van der Waals surface area contributed by atoms with E-state index in [1.54, 1.807) is 13.8 Å². The number of halogens is 2. The molecule has 19 heavy (non-hydrogen) atoms. The molecule has 6 heteroatoms. The lowest BCUT2D eigenvalue weighted by atomic mass is 10.1. The average Bonchev–Trinajstić information content (AvgIpc) is 2.39. The Labute approximate surface area is 110 Å². The number of carbonyl (C=O) groups is 1. The molecule has 0 bridgehead atoms. The van der Waals surface area contributed by atoms with Crippen LogP contribution in [0.4, 0.5) is 14.5 Å². The van der Waals surface area contributed by atoms with Crippen LogP contribution in [-0.4, -0.2) is 23.9 Å². The molecule has 2 N–H and O–H groups in total. The summed E-state index contributed by atoms with van der Waals surface area (Å²) in [6.45, 7) is 3.97. The van der Waals surface area contributed by atoms with Gasteiger partial charge < -0.3 is 10.6 Å². The van der Waals surface area contributed by atoms with E-state index in [0.29, 0.717) is 6.54 Å². The van der Waals surface area contributed by atoms with E-state index in [1.165, 1.54) is 4.90 Å². The van der Waals surface area contributed by atoms with Crippen molar-refractivity contribution in [2.45, 2.75) is 13.8 Å². The Bertz CT molecular complexity index is 525. The number of hydrogen-bond donors (Lipinski definition) is 1. The van der Waals surface area contributed by atoms with Crippen LogP contribution in [0.25, 0.3) is 0 Å². The van der Waals surface area contributed by atoms with Gasteiger partial charge in [0.15, 0.2) is 11.6 Å². The van der Waals surface area contributed by atoms with Crippen LogP contribution in [0.3, 0.4) is 0 Å². The zero-order chi connectivity index (χ0) is 14.6. The fraction of sp³-hybridized carbons (Fsp3) is 0.385. The van der Waals surface area contributed by atoms with Gasteiger partial charge in [-0.1, -0.05) is 0 Å². The van der Waals surface area contributed by atoms with E-state index in [0.717, 1.165) is 12.1 Å². The van der Waals surface area contributed by atoms with E-state index < -0.39 is 17.5 Å². The summed E-state index contributed by atoms with van der Waals surface area (Å²) >= 11 is 0. The summed E-state index contributed by atoms with van der Waals surface area (Å²) in [6, 6.07) is 3.58. The summed E-state index contributed by atoms with van der Waals surface area (Å²) in [6.07, 6.45) is 0. The summed E-state index contributed by atoms with van der Waals surface area (Å²) in [4.78, 5) is 13.5. The number of anilines is 1. The maximum atomic E-state index is 13.2. The molecule has 1 unspecified atom stereocenters. The van der Waals surface area contributed by atoms with E-state index in [9.17, 15) is 13.6 Å². The molecular weight excluding hydrogens is 252 g/mol. The van der Waals surface area contributed by atoms with Crippen molar-refractivity contribution in [2.24, 2.45) is 5.92 Å². The zero-order valence-electron chi connectivity index (χ0n) is 10.8. The first-order valence-corrected chi connectivity index (χ1v) is 5.84. The first-order valence-electron chi connectivity index (χ1n) is 5.84. The van der Waals surface area contributed by atoms with Crippen molar-refractivity contribution in [2.75, 3.05) is 18.8 Å². The molecule has 0 heterocycles. The molecule has 0 saturated heterocycles. The van der Waals surface area contributed by atoms with Crippen LogP contribution in [0.1, 0.15) is 24.2 Å². The smallest absolute Gasteiger partial charge is 0.256 e. The Kier molecular flexibility index (Phi) is 4.81. The Morgan fingerprint density at radius 3 is 2.58 bits per heavy atom. The van der Waals surface area contributed by atoms with Crippen LogP contribution >= 0.6 is 0 Å². The highest BCUT2D eigenvalue weighted by Gasteiger charge is 2.20. The Morgan fingerprint density at radius 1 is 1.47 bits per heavy atom. The number of rotatable bonds is 4.